The molecule has 0 aliphatic heterocycles. The Morgan fingerprint density at radius 3 is 1.56 bits per heavy atom. The number of carbonyl (C=O) groups is 1. The first-order chi connectivity index (χ1) is 7.27. The Morgan fingerprint density at radius 2 is 1.19 bits per heavy atom. The van der Waals surface area contributed by atoms with Crippen LogP contribution in [0.4, 0.5) is 0 Å². The third kappa shape index (κ3) is 16.4. The van der Waals surface area contributed by atoms with Crippen molar-refractivity contribution >= 4 is 5.97 Å². The maximum Gasteiger partial charge on any atom is 0.303 e. The summed E-state index contributed by atoms with van der Waals surface area (Å²) in [6.07, 6.45) is 12.9. The van der Waals surface area contributed by atoms with Gasteiger partial charge in [0.05, 0.1) is 0 Å². The SMILES string of the molecule is CCCCCCCCCCCCC(=O)O.[Co]. The van der Waals surface area contributed by atoms with Gasteiger partial charge in [-0.15, -0.1) is 0 Å². The molecule has 0 aromatic heterocycles. The Morgan fingerprint density at radius 1 is 0.812 bits per heavy atom. The fraction of sp³-hybridized carbons (Fsp3) is 0.923. The summed E-state index contributed by atoms with van der Waals surface area (Å²) in [5, 5.41) is 8.44. The van der Waals surface area contributed by atoms with E-state index in [1.54, 1.807) is 0 Å². The summed E-state index contributed by atoms with van der Waals surface area (Å²) in [5.41, 5.74) is 0. The van der Waals surface area contributed by atoms with Crippen LogP contribution in [0.25, 0.3) is 0 Å². The van der Waals surface area contributed by atoms with Crippen LogP contribution in [0.2, 0.25) is 0 Å². The minimum Gasteiger partial charge on any atom is -0.481 e. The van der Waals surface area contributed by atoms with Gasteiger partial charge in [-0.1, -0.05) is 64.7 Å². The second-order valence-corrected chi connectivity index (χ2v) is 4.33. The van der Waals surface area contributed by atoms with Crippen molar-refractivity contribution in [1.29, 1.82) is 0 Å². The zero-order chi connectivity index (χ0) is 11.4. The molecule has 0 amide bonds. The fourth-order valence-corrected chi connectivity index (χ4v) is 1.76. The van der Waals surface area contributed by atoms with Gasteiger partial charge in [0.25, 0.3) is 0 Å². The topological polar surface area (TPSA) is 37.3 Å². The number of carboxylic acid groups (broad SMARTS) is 1. The number of carboxylic acids is 1. The van der Waals surface area contributed by atoms with E-state index in [2.05, 4.69) is 6.92 Å². The predicted molar refractivity (Wildman–Crippen MR) is 64.1 cm³/mol. The predicted octanol–water partition coefficient (Wildman–Crippen LogP) is 4.38. The Labute approximate surface area is 110 Å². The fourth-order valence-electron chi connectivity index (χ4n) is 1.76. The summed E-state index contributed by atoms with van der Waals surface area (Å²) >= 11 is 0. The summed E-state index contributed by atoms with van der Waals surface area (Å²) < 4.78 is 0. The minimum atomic E-state index is -0.658. The second kappa shape index (κ2) is 15.0. The van der Waals surface area contributed by atoms with Crippen molar-refractivity contribution in [1.82, 2.24) is 0 Å². The van der Waals surface area contributed by atoms with Crippen LogP contribution in [0.1, 0.15) is 77.6 Å². The van der Waals surface area contributed by atoms with E-state index >= 15 is 0 Å². The van der Waals surface area contributed by atoms with Crippen LogP contribution in [0.3, 0.4) is 0 Å². The van der Waals surface area contributed by atoms with Crippen molar-refractivity contribution in [3.63, 3.8) is 0 Å². The van der Waals surface area contributed by atoms with Crippen molar-refractivity contribution < 1.29 is 26.7 Å². The molecule has 0 aromatic carbocycles. The average molecular weight is 273 g/mol. The number of rotatable bonds is 11. The van der Waals surface area contributed by atoms with Gasteiger partial charge in [-0.05, 0) is 6.42 Å². The van der Waals surface area contributed by atoms with Gasteiger partial charge in [-0.3, -0.25) is 4.79 Å². The van der Waals surface area contributed by atoms with Gasteiger partial charge < -0.3 is 5.11 Å². The molecule has 0 aromatic rings. The third-order valence-corrected chi connectivity index (χ3v) is 2.74. The summed E-state index contributed by atoms with van der Waals surface area (Å²) in [5.74, 6) is -0.658. The van der Waals surface area contributed by atoms with Crippen molar-refractivity contribution in [2.24, 2.45) is 0 Å². The molecule has 3 heteroatoms. The molecule has 2 nitrogen and oxygen atoms in total. The summed E-state index contributed by atoms with van der Waals surface area (Å²) in [7, 11) is 0. The maximum absolute atomic E-state index is 10.2. The Hall–Kier alpha value is -0.0235. The van der Waals surface area contributed by atoms with Gasteiger partial charge in [0.2, 0.25) is 0 Å². The molecule has 0 saturated heterocycles. The molecule has 0 aliphatic carbocycles. The van der Waals surface area contributed by atoms with Crippen LogP contribution >= 0.6 is 0 Å². The molecule has 0 spiro atoms. The van der Waals surface area contributed by atoms with E-state index < -0.39 is 5.97 Å². The molecule has 0 aliphatic rings. The van der Waals surface area contributed by atoms with E-state index in [1.165, 1.54) is 51.4 Å². The summed E-state index contributed by atoms with van der Waals surface area (Å²) in [6.45, 7) is 2.24. The van der Waals surface area contributed by atoms with E-state index in [9.17, 15) is 4.79 Å². The van der Waals surface area contributed by atoms with Crippen LogP contribution in [-0.4, -0.2) is 11.1 Å². The first kappa shape index (κ1) is 18.3. The van der Waals surface area contributed by atoms with Gasteiger partial charge in [-0.25, -0.2) is 0 Å². The van der Waals surface area contributed by atoms with E-state index in [-0.39, 0.29) is 16.8 Å². The summed E-state index contributed by atoms with van der Waals surface area (Å²) in [6, 6.07) is 0. The molecule has 0 bridgehead atoms. The van der Waals surface area contributed by atoms with E-state index in [0.29, 0.717) is 6.42 Å². The average Bonchev–Trinajstić information content (AvgIpc) is 2.20. The van der Waals surface area contributed by atoms with Crippen LogP contribution in [0, 0.1) is 0 Å². The third-order valence-electron chi connectivity index (χ3n) is 2.74. The summed E-state index contributed by atoms with van der Waals surface area (Å²) in [4.78, 5) is 10.2. The van der Waals surface area contributed by atoms with E-state index in [0.717, 1.165) is 12.8 Å². The largest absolute Gasteiger partial charge is 0.481 e. The normalized spacial score (nSPS) is 9.81. The number of aliphatic carboxylic acids is 1. The molecular formula is C13H26CoO2. The van der Waals surface area contributed by atoms with Crippen molar-refractivity contribution in [2.45, 2.75) is 77.6 Å². The molecule has 16 heavy (non-hydrogen) atoms. The molecule has 0 fully saturated rings. The number of hydrogen-bond acceptors (Lipinski definition) is 1. The van der Waals surface area contributed by atoms with E-state index in [4.69, 9.17) is 5.11 Å². The minimum absolute atomic E-state index is 0. The zero-order valence-electron chi connectivity index (χ0n) is 10.5. The zero-order valence-corrected chi connectivity index (χ0v) is 11.5. The quantitative estimate of drug-likeness (QED) is 0.567. The molecule has 0 heterocycles. The first-order valence-corrected chi connectivity index (χ1v) is 6.49. The van der Waals surface area contributed by atoms with Crippen LogP contribution in [-0.2, 0) is 21.6 Å². The van der Waals surface area contributed by atoms with Gasteiger partial charge in [0.15, 0.2) is 0 Å². The monoisotopic (exact) mass is 273 g/mol. The van der Waals surface area contributed by atoms with Crippen LogP contribution in [0.5, 0.6) is 0 Å². The van der Waals surface area contributed by atoms with Gasteiger partial charge in [0.1, 0.15) is 0 Å². The molecule has 0 rings (SSSR count). The Kier molecular flexibility index (Phi) is 17.2. The van der Waals surface area contributed by atoms with Crippen LogP contribution in [0.15, 0.2) is 0 Å². The van der Waals surface area contributed by atoms with Crippen molar-refractivity contribution in [3.8, 4) is 0 Å². The Bertz CT molecular complexity index is 149. The second-order valence-electron chi connectivity index (χ2n) is 4.33. The van der Waals surface area contributed by atoms with E-state index in [1.807, 2.05) is 0 Å². The van der Waals surface area contributed by atoms with Crippen molar-refractivity contribution in [3.05, 3.63) is 0 Å². The molecule has 0 saturated carbocycles. The molecular weight excluding hydrogens is 247 g/mol. The smallest absolute Gasteiger partial charge is 0.303 e. The number of unbranched alkanes of at least 4 members (excludes halogenated alkanes) is 9. The molecule has 0 unspecified atom stereocenters. The van der Waals surface area contributed by atoms with Gasteiger partial charge in [-0.2, -0.15) is 0 Å². The van der Waals surface area contributed by atoms with Crippen molar-refractivity contribution in [2.75, 3.05) is 0 Å². The molecule has 0 atom stereocenters. The van der Waals surface area contributed by atoms with Gasteiger partial charge in [0, 0.05) is 23.2 Å². The molecule has 99 valence electrons. The molecule has 1 radical (unpaired) electrons. The maximum atomic E-state index is 10.2. The molecule has 1 N–H and O–H groups in total. The van der Waals surface area contributed by atoms with Gasteiger partial charge >= 0.3 is 5.97 Å². The first-order valence-electron chi connectivity index (χ1n) is 6.49. The van der Waals surface area contributed by atoms with Crippen LogP contribution < -0.4 is 0 Å². The standard InChI is InChI=1S/C13H26O2.Co/c1-2-3-4-5-6-7-8-9-10-11-12-13(14)15;/h2-12H2,1H3,(H,14,15);. The Balaban J connectivity index is 0. The number of hydrogen-bond donors (Lipinski definition) is 1.